The lowest BCUT2D eigenvalue weighted by atomic mass is 9.71. The van der Waals surface area contributed by atoms with E-state index in [1.165, 1.54) is 19.3 Å². The highest BCUT2D eigenvalue weighted by atomic mass is 16.5. The van der Waals surface area contributed by atoms with E-state index in [1.54, 1.807) is 0 Å². The van der Waals surface area contributed by atoms with Gasteiger partial charge in [-0.3, -0.25) is 4.79 Å². The van der Waals surface area contributed by atoms with Gasteiger partial charge < -0.3 is 15.8 Å². The van der Waals surface area contributed by atoms with Crippen LogP contribution in [-0.2, 0) is 11.3 Å². The number of ether oxygens (including phenoxy) is 1. The first kappa shape index (κ1) is 16.8. The van der Waals surface area contributed by atoms with E-state index in [1.807, 2.05) is 31.2 Å². The van der Waals surface area contributed by atoms with Gasteiger partial charge in [0, 0.05) is 13.0 Å². The van der Waals surface area contributed by atoms with E-state index in [9.17, 15) is 4.79 Å². The number of hydrogen-bond acceptors (Lipinski definition) is 3. The predicted molar refractivity (Wildman–Crippen MR) is 88.6 cm³/mol. The van der Waals surface area contributed by atoms with Crippen LogP contribution in [0.2, 0.25) is 0 Å². The maximum Gasteiger partial charge on any atom is 0.220 e. The molecule has 0 saturated heterocycles. The van der Waals surface area contributed by atoms with Crippen molar-refractivity contribution in [2.24, 2.45) is 11.1 Å². The minimum absolute atomic E-state index is 0.0233. The van der Waals surface area contributed by atoms with Crippen LogP contribution in [0.5, 0.6) is 5.75 Å². The average molecular weight is 304 g/mol. The molecule has 0 atom stereocenters. The van der Waals surface area contributed by atoms with Crippen LogP contribution in [0.1, 0.15) is 51.0 Å². The largest absolute Gasteiger partial charge is 0.494 e. The molecule has 22 heavy (non-hydrogen) atoms. The first-order valence-electron chi connectivity index (χ1n) is 8.36. The molecule has 1 saturated carbocycles. The van der Waals surface area contributed by atoms with Gasteiger partial charge in [0.25, 0.3) is 0 Å². The number of carbonyl (C=O) groups is 1. The topological polar surface area (TPSA) is 64.3 Å². The van der Waals surface area contributed by atoms with Crippen LogP contribution in [0.3, 0.4) is 0 Å². The third-order valence-electron chi connectivity index (χ3n) is 4.58. The Hall–Kier alpha value is -1.55. The van der Waals surface area contributed by atoms with E-state index in [0.717, 1.165) is 24.2 Å². The molecule has 1 aromatic carbocycles. The summed E-state index contributed by atoms with van der Waals surface area (Å²) in [6.45, 7) is 3.76. The zero-order valence-corrected chi connectivity index (χ0v) is 13.6. The van der Waals surface area contributed by atoms with Gasteiger partial charge in [0.1, 0.15) is 5.75 Å². The molecular weight excluding hydrogens is 276 g/mol. The van der Waals surface area contributed by atoms with Crippen molar-refractivity contribution >= 4 is 5.91 Å². The number of rotatable bonds is 7. The van der Waals surface area contributed by atoms with Gasteiger partial charge in [-0.05, 0) is 49.4 Å². The maximum absolute atomic E-state index is 12.3. The Morgan fingerprint density at radius 2 is 2.09 bits per heavy atom. The van der Waals surface area contributed by atoms with Gasteiger partial charge in [-0.2, -0.15) is 0 Å². The van der Waals surface area contributed by atoms with Gasteiger partial charge in [-0.1, -0.05) is 31.4 Å². The Bertz CT molecular complexity index is 482. The number of carbonyl (C=O) groups excluding carboxylic acids is 1. The molecule has 2 rings (SSSR count). The second-order valence-electron chi connectivity index (χ2n) is 6.30. The monoisotopic (exact) mass is 304 g/mol. The van der Waals surface area contributed by atoms with Crippen LogP contribution in [0.25, 0.3) is 0 Å². The third-order valence-corrected chi connectivity index (χ3v) is 4.58. The summed E-state index contributed by atoms with van der Waals surface area (Å²) in [5.74, 6) is 0.953. The fourth-order valence-corrected chi connectivity index (χ4v) is 3.27. The summed E-state index contributed by atoms with van der Waals surface area (Å²) < 4.78 is 5.48. The van der Waals surface area contributed by atoms with Gasteiger partial charge in [-0.15, -0.1) is 0 Å². The van der Waals surface area contributed by atoms with Gasteiger partial charge in [-0.25, -0.2) is 0 Å². The Morgan fingerprint density at radius 1 is 1.32 bits per heavy atom. The highest BCUT2D eigenvalue weighted by Gasteiger charge is 2.32. The number of nitrogens with one attached hydrogen (secondary N) is 1. The van der Waals surface area contributed by atoms with Crippen molar-refractivity contribution in [3.63, 3.8) is 0 Å². The van der Waals surface area contributed by atoms with Crippen LogP contribution in [0.15, 0.2) is 24.3 Å². The molecular formula is C18H28N2O2. The van der Waals surface area contributed by atoms with Crippen LogP contribution < -0.4 is 15.8 Å². The molecule has 1 amide bonds. The predicted octanol–water partition coefficient (Wildman–Crippen LogP) is 3.00. The second kappa shape index (κ2) is 8.18. The zero-order chi connectivity index (χ0) is 15.8. The van der Waals surface area contributed by atoms with Crippen molar-refractivity contribution in [2.75, 3.05) is 13.2 Å². The molecule has 0 spiro atoms. The Balaban J connectivity index is 1.85. The minimum Gasteiger partial charge on any atom is -0.494 e. The number of amides is 1. The second-order valence-corrected chi connectivity index (χ2v) is 6.30. The smallest absolute Gasteiger partial charge is 0.220 e. The van der Waals surface area contributed by atoms with Crippen LogP contribution >= 0.6 is 0 Å². The van der Waals surface area contributed by atoms with Crippen molar-refractivity contribution in [1.82, 2.24) is 5.32 Å². The summed E-state index contributed by atoms with van der Waals surface area (Å²) in [5.41, 5.74) is 7.03. The maximum atomic E-state index is 12.3. The summed E-state index contributed by atoms with van der Waals surface area (Å²) in [6.07, 6.45) is 6.37. The Kier molecular flexibility index (Phi) is 6.25. The first-order chi connectivity index (χ1) is 10.7. The fraction of sp³-hybridized carbons (Fsp3) is 0.611. The van der Waals surface area contributed by atoms with E-state index < -0.39 is 0 Å². The SMILES string of the molecule is CCOc1cccc(CNC(=O)CC2(CN)CCCCC2)c1. The van der Waals surface area contributed by atoms with Crippen molar-refractivity contribution < 1.29 is 9.53 Å². The summed E-state index contributed by atoms with van der Waals surface area (Å²) in [7, 11) is 0. The molecule has 3 N–H and O–H groups in total. The van der Waals surface area contributed by atoms with E-state index in [-0.39, 0.29) is 11.3 Å². The third kappa shape index (κ3) is 4.73. The molecule has 0 unspecified atom stereocenters. The lowest BCUT2D eigenvalue weighted by Gasteiger charge is -2.35. The summed E-state index contributed by atoms with van der Waals surface area (Å²) >= 11 is 0. The summed E-state index contributed by atoms with van der Waals surface area (Å²) in [4.78, 5) is 12.3. The molecule has 1 aliphatic rings. The molecule has 4 heteroatoms. The minimum atomic E-state index is 0.0233. The summed E-state index contributed by atoms with van der Waals surface area (Å²) in [5, 5.41) is 3.02. The normalized spacial score (nSPS) is 17.0. The van der Waals surface area contributed by atoms with E-state index >= 15 is 0 Å². The highest BCUT2D eigenvalue weighted by Crippen LogP contribution is 2.38. The molecule has 1 aromatic rings. The number of nitrogens with two attached hydrogens (primary N) is 1. The molecule has 0 aliphatic heterocycles. The first-order valence-corrected chi connectivity index (χ1v) is 8.36. The molecule has 122 valence electrons. The van der Waals surface area contributed by atoms with Crippen LogP contribution in [-0.4, -0.2) is 19.1 Å². The Labute approximate surface area is 133 Å². The van der Waals surface area contributed by atoms with Gasteiger partial charge in [0.05, 0.1) is 6.61 Å². The Morgan fingerprint density at radius 3 is 2.77 bits per heavy atom. The van der Waals surface area contributed by atoms with E-state index in [4.69, 9.17) is 10.5 Å². The lowest BCUT2D eigenvalue weighted by Crippen LogP contribution is -2.38. The van der Waals surface area contributed by atoms with Gasteiger partial charge in [0.15, 0.2) is 0 Å². The number of benzene rings is 1. The standard InChI is InChI=1S/C18H28N2O2/c1-2-22-16-8-6-7-15(11-16)13-20-17(21)12-18(14-19)9-4-3-5-10-18/h6-8,11H,2-5,9-10,12-14,19H2,1H3,(H,20,21). The molecule has 1 aliphatic carbocycles. The van der Waals surface area contributed by atoms with Crippen molar-refractivity contribution in [3.05, 3.63) is 29.8 Å². The molecule has 0 aromatic heterocycles. The van der Waals surface area contributed by atoms with E-state index in [2.05, 4.69) is 5.32 Å². The molecule has 1 fully saturated rings. The van der Waals surface area contributed by atoms with E-state index in [0.29, 0.717) is 26.1 Å². The molecule has 0 radical (unpaired) electrons. The fourth-order valence-electron chi connectivity index (χ4n) is 3.27. The van der Waals surface area contributed by atoms with Crippen LogP contribution in [0, 0.1) is 5.41 Å². The van der Waals surface area contributed by atoms with Crippen LogP contribution in [0.4, 0.5) is 0 Å². The van der Waals surface area contributed by atoms with Crippen molar-refractivity contribution in [3.8, 4) is 5.75 Å². The van der Waals surface area contributed by atoms with Gasteiger partial charge >= 0.3 is 0 Å². The molecule has 0 heterocycles. The highest BCUT2D eigenvalue weighted by molar-refractivity contribution is 5.76. The quantitative estimate of drug-likeness (QED) is 0.814. The molecule has 4 nitrogen and oxygen atoms in total. The zero-order valence-electron chi connectivity index (χ0n) is 13.6. The number of hydrogen-bond donors (Lipinski definition) is 2. The van der Waals surface area contributed by atoms with Crippen molar-refractivity contribution in [2.45, 2.75) is 52.0 Å². The summed E-state index contributed by atoms with van der Waals surface area (Å²) in [6, 6.07) is 7.86. The van der Waals surface area contributed by atoms with Crippen molar-refractivity contribution in [1.29, 1.82) is 0 Å². The average Bonchev–Trinajstić information content (AvgIpc) is 2.54. The van der Waals surface area contributed by atoms with Gasteiger partial charge in [0.2, 0.25) is 5.91 Å². The molecule has 0 bridgehead atoms. The lowest BCUT2D eigenvalue weighted by molar-refractivity contribution is -0.124.